The summed E-state index contributed by atoms with van der Waals surface area (Å²) in [5.74, 6) is 0.769. The Balaban J connectivity index is 2.12. The summed E-state index contributed by atoms with van der Waals surface area (Å²) >= 11 is 0. The van der Waals surface area contributed by atoms with Gasteiger partial charge in [0.25, 0.3) is 0 Å². The molecule has 2 atom stereocenters. The first-order valence-corrected chi connectivity index (χ1v) is 4.44. The van der Waals surface area contributed by atoms with E-state index >= 15 is 0 Å². The van der Waals surface area contributed by atoms with Gasteiger partial charge >= 0.3 is 0 Å². The molecule has 2 rings (SSSR count). The molecule has 0 amide bonds. The van der Waals surface area contributed by atoms with E-state index in [-0.39, 0.29) is 6.61 Å². The average molecular weight is 166 g/mol. The van der Waals surface area contributed by atoms with Crippen LogP contribution in [-0.2, 0) is 6.61 Å². The second-order valence-electron chi connectivity index (χ2n) is 3.59. The molecule has 12 heavy (non-hydrogen) atoms. The number of aromatic nitrogens is 2. The van der Waals surface area contributed by atoms with E-state index in [0.717, 1.165) is 11.6 Å². The fourth-order valence-electron chi connectivity index (χ4n) is 1.73. The van der Waals surface area contributed by atoms with Crippen LogP contribution < -0.4 is 0 Å². The van der Waals surface area contributed by atoms with Gasteiger partial charge in [0.15, 0.2) is 0 Å². The Morgan fingerprint density at radius 2 is 2.50 bits per heavy atom. The molecule has 1 saturated carbocycles. The molecule has 0 spiro atoms. The fraction of sp³-hybridized carbons (Fsp3) is 0.667. The van der Waals surface area contributed by atoms with E-state index in [2.05, 4.69) is 16.5 Å². The van der Waals surface area contributed by atoms with Crippen molar-refractivity contribution in [1.82, 2.24) is 9.55 Å². The smallest absolute Gasteiger partial charge is 0.0953 e. The topological polar surface area (TPSA) is 38.0 Å². The fourth-order valence-corrected chi connectivity index (χ4v) is 1.73. The van der Waals surface area contributed by atoms with E-state index < -0.39 is 0 Å². The zero-order valence-corrected chi connectivity index (χ0v) is 7.27. The number of hydrogen-bond acceptors (Lipinski definition) is 2. The van der Waals surface area contributed by atoms with E-state index in [1.807, 2.05) is 12.5 Å². The minimum Gasteiger partial charge on any atom is -0.390 e. The second-order valence-corrected chi connectivity index (χ2v) is 3.59. The highest BCUT2D eigenvalue weighted by atomic mass is 16.3. The van der Waals surface area contributed by atoms with Crippen LogP contribution in [0.4, 0.5) is 0 Å². The van der Waals surface area contributed by atoms with Gasteiger partial charge in [-0.05, 0) is 18.8 Å². The Hall–Kier alpha value is -0.830. The van der Waals surface area contributed by atoms with E-state index in [4.69, 9.17) is 5.11 Å². The lowest BCUT2D eigenvalue weighted by Crippen LogP contribution is -2.25. The molecule has 1 aromatic rings. The van der Waals surface area contributed by atoms with Gasteiger partial charge in [-0.2, -0.15) is 0 Å². The number of nitrogens with zero attached hydrogens (tertiary/aromatic N) is 2. The summed E-state index contributed by atoms with van der Waals surface area (Å²) in [5, 5.41) is 8.81. The van der Waals surface area contributed by atoms with Crippen LogP contribution in [0.2, 0.25) is 0 Å². The van der Waals surface area contributed by atoms with Crippen LogP contribution in [0.15, 0.2) is 12.5 Å². The van der Waals surface area contributed by atoms with Gasteiger partial charge < -0.3 is 9.67 Å². The lowest BCUT2D eigenvalue weighted by Gasteiger charge is -2.34. The third-order valence-electron chi connectivity index (χ3n) is 2.77. The molecular formula is C9H14N2O. The zero-order chi connectivity index (χ0) is 8.55. The number of aliphatic hydroxyl groups excluding tert-OH is 1. The van der Waals surface area contributed by atoms with Crippen LogP contribution in [0.5, 0.6) is 0 Å². The maximum Gasteiger partial charge on any atom is 0.0953 e. The first-order valence-electron chi connectivity index (χ1n) is 4.44. The number of hydrogen-bond donors (Lipinski definition) is 1. The van der Waals surface area contributed by atoms with Gasteiger partial charge in [-0.15, -0.1) is 0 Å². The average Bonchev–Trinajstić information content (AvgIpc) is 2.50. The lowest BCUT2D eigenvalue weighted by molar-refractivity contribution is 0.201. The van der Waals surface area contributed by atoms with Crippen molar-refractivity contribution in [1.29, 1.82) is 0 Å². The molecule has 0 saturated heterocycles. The summed E-state index contributed by atoms with van der Waals surface area (Å²) in [5.41, 5.74) is 0.772. The van der Waals surface area contributed by atoms with Crippen LogP contribution in [0.3, 0.4) is 0 Å². The molecule has 0 bridgehead atoms. The van der Waals surface area contributed by atoms with Crippen molar-refractivity contribution >= 4 is 0 Å². The minimum atomic E-state index is 0.0497. The minimum absolute atomic E-state index is 0.0497. The summed E-state index contributed by atoms with van der Waals surface area (Å²) in [6.07, 6.45) is 6.34. The summed E-state index contributed by atoms with van der Waals surface area (Å²) in [6.45, 7) is 2.31. The Kier molecular flexibility index (Phi) is 1.89. The maximum atomic E-state index is 8.81. The molecule has 1 heterocycles. The van der Waals surface area contributed by atoms with Crippen molar-refractivity contribution in [3.63, 3.8) is 0 Å². The molecule has 0 aromatic carbocycles. The lowest BCUT2D eigenvalue weighted by atomic mass is 9.81. The predicted molar refractivity (Wildman–Crippen MR) is 45.6 cm³/mol. The molecule has 1 N–H and O–H groups in total. The van der Waals surface area contributed by atoms with E-state index in [9.17, 15) is 0 Å². The van der Waals surface area contributed by atoms with Crippen LogP contribution in [0.1, 0.15) is 31.5 Å². The third kappa shape index (κ3) is 1.14. The van der Waals surface area contributed by atoms with Crippen molar-refractivity contribution in [2.24, 2.45) is 5.92 Å². The van der Waals surface area contributed by atoms with Gasteiger partial charge in [-0.3, -0.25) is 0 Å². The van der Waals surface area contributed by atoms with Crippen molar-refractivity contribution in [3.05, 3.63) is 18.2 Å². The first-order chi connectivity index (χ1) is 5.81. The van der Waals surface area contributed by atoms with Gasteiger partial charge in [0, 0.05) is 12.2 Å². The number of aliphatic hydroxyl groups is 1. The Morgan fingerprint density at radius 3 is 2.92 bits per heavy atom. The van der Waals surface area contributed by atoms with Gasteiger partial charge in [0.2, 0.25) is 0 Å². The Bertz CT molecular complexity index is 269. The van der Waals surface area contributed by atoms with Crippen molar-refractivity contribution < 1.29 is 5.11 Å². The van der Waals surface area contributed by atoms with Crippen LogP contribution >= 0.6 is 0 Å². The van der Waals surface area contributed by atoms with Gasteiger partial charge in [-0.1, -0.05) is 6.92 Å². The molecule has 1 fully saturated rings. The van der Waals surface area contributed by atoms with Crippen LogP contribution in [0.25, 0.3) is 0 Å². The maximum absolute atomic E-state index is 8.81. The van der Waals surface area contributed by atoms with Gasteiger partial charge in [-0.25, -0.2) is 4.98 Å². The van der Waals surface area contributed by atoms with Crippen LogP contribution in [0, 0.1) is 5.92 Å². The summed E-state index contributed by atoms with van der Waals surface area (Å²) in [4.78, 5) is 4.08. The van der Waals surface area contributed by atoms with Crippen molar-refractivity contribution in [2.75, 3.05) is 0 Å². The van der Waals surface area contributed by atoms with Crippen molar-refractivity contribution in [2.45, 2.75) is 32.4 Å². The van der Waals surface area contributed by atoms with E-state index in [1.54, 1.807) is 0 Å². The first kappa shape index (κ1) is 7.80. The standard InChI is InChI=1S/C9H14N2O/c1-7-2-3-9(7)11-4-8(5-12)10-6-11/h4,6-7,9,12H,2-3,5H2,1H3. The van der Waals surface area contributed by atoms with Crippen LogP contribution in [-0.4, -0.2) is 14.7 Å². The highest BCUT2D eigenvalue weighted by molar-refractivity contribution is 4.98. The Labute approximate surface area is 72.0 Å². The Morgan fingerprint density at radius 1 is 1.67 bits per heavy atom. The third-order valence-corrected chi connectivity index (χ3v) is 2.77. The molecule has 1 aromatic heterocycles. The molecule has 3 heteroatoms. The SMILES string of the molecule is CC1CCC1n1cnc(CO)c1. The molecule has 1 aliphatic rings. The highest BCUT2D eigenvalue weighted by Crippen LogP contribution is 2.37. The molecule has 3 nitrogen and oxygen atoms in total. The summed E-state index contributed by atoms with van der Waals surface area (Å²) in [6, 6.07) is 0.623. The molecular weight excluding hydrogens is 152 g/mol. The molecule has 0 radical (unpaired) electrons. The molecule has 2 unspecified atom stereocenters. The normalized spacial score (nSPS) is 28.5. The monoisotopic (exact) mass is 166 g/mol. The zero-order valence-electron chi connectivity index (χ0n) is 7.27. The van der Waals surface area contributed by atoms with Gasteiger partial charge in [0.05, 0.1) is 18.6 Å². The van der Waals surface area contributed by atoms with Crippen molar-refractivity contribution in [3.8, 4) is 0 Å². The second kappa shape index (κ2) is 2.90. The van der Waals surface area contributed by atoms with E-state index in [1.165, 1.54) is 12.8 Å². The van der Waals surface area contributed by atoms with E-state index in [0.29, 0.717) is 6.04 Å². The summed E-state index contributed by atoms with van der Waals surface area (Å²) < 4.78 is 2.12. The quantitative estimate of drug-likeness (QED) is 0.720. The number of rotatable bonds is 2. The van der Waals surface area contributed by atoms with Gasteiger partial charge in [0.1, 0.15) is 0 Å². The predicted octanol–water partition coefficient (Wildman–Crippen LogP) is 1.35. The highest BCUT2D eigenvalue weighted by Gasteiger charge is 2.27. The number of imidazole rings is 1. The largest absolute Gasteiger partial charge is 0.390 e. The molecule has 66 valence electrons. The summed E-state index contributed by atoms with van der Waals surface area (Å²) in [7, 11) is 0. The molecule has 1 aliphatic carbocycles. The molecule has 0 aliphatic heterocycles.